The Morgan fingerprint density at radius 3 is 2.69 bits per heavy atom. The monoisotopic (exact) mass is 413 g/mol. The molecule has 1 aliphatic heterocycles. The molecule has 5 heteroatoms. The van der Waals surface area contributed by atoms with Gasteiger partial charge in [0.2, 0.25) is 0 Å². The lowest BCUT2D eigenvalue weighted by atomic mass is 9.98. The number of carbonyl (C=O) groups excluding carboxylic acids is 1. The third-order valence-corrected chi connectivity index (χ3v) is 5.43. The number of nitrogens with zero attached hydrogens (tertiary/aromatic N) is 1. The van der Waals surface area contributed by atoms with Gasteiger partial charge in [-0.05, 0) is 37.9 Å². The highest BCUT2D eigenvalue weighted by atomic mass is 35.5. The van der Waals surface area contributed by atoms with Crippen molar-refractivity contribution in [3.05, 3.63) is 77.0 Å². The topological polar surface area (TPSA) is 38.8 Å². The molecule has 3 rings (SSSR count). The Morgan fingerprint density at radius 1 is 1.17 bits per heavy atom. The van der Waals surface area contributed by atoms with Gasteiger partial charge in [-0.1, -0.05) is 60.1 Å². The van der Waals surface area contributed by atoms with Crippen molar-refractivity contribution < 1.29 is 14.3 Å². The lowest BCUT2D eigenvalue weighted by molar-refractivity contribution is -0.150. The van der Waals surface area contributed by atoms with Crippen LogP contribution in [0.4, 0.5) is 0 Å². The maximum Gasteiger partial charge on any atom is 0.310 e. The second-order valence-electron chi connectivity index (χ2n) is 7.14. The molecule has 4 nitrogen and oxygen atoms in total. The fourth-order valence-electron chi connectivity index (χ4n) is 3.62. The summed E-state index contributed by atoms with van der Waals surface area (Å²) in [6.45, 7) is 5.34. The van der Waals surface area contributed by atoms with Crippen molar-refractivity contribution in [3.63, 3.8) is 0 Å². The zero-order valence-corrected chi connectivity index (χ0v) is 17.6. The number of benzene rings is 2. The predicted octanol–water partition coefficient (Wildman–Crippen LogP) is 5.02. The molecule has 0 amide bonds. The summed E-state index contributed by atoms with van der Waals surface area (Å²) >= 11 is 6.43. The molecule has 1 atom stereocenters. The smallest absolute Gasteiger partial charge is 0.310 e. The van der Waals surface area contributed by atoms with Crippen LogP contribution in [0.2, 0.25) is 5.02 Å². The first kappa shape index (κ1) is 21.4. The van der Waals surface area contributed by atoms with Gasteiger partial charge in [0.05, 0.1) is 18.8 Å². The van der Waals surface area contributed by atoms with E-state index in [-0.39, 0.29) is 11.9 Å². The van der Waals surface area contributed by atoms with Gasteiger partial charge in [-0.15, -0.1) is 0 Å². The van der Waals surface area contributed by atoms with Crippen LogP contribution in [0.5, 0.6) is 0 Å². The summed E-state index contributed by atoms with van der Waals surface area (Å²) < 4.78 is 11.1. The van der Waals surface area contributed by atoms with E-state index in [4.69, 9.17) is 21.1 Å². The summed E-state index contributed by atoms with van der Waals surface area (Å²) in [7, 11) is 0. The number of carbonyl (C=O) groups is 1. The molecule has 1 aliphatic rings. The minimum absolute atomic E-state index is 0.0257. The highest BCUT2D eigenvalue weighted by Crippen LogP contribution is 2.29. The van der Waals surface area contributed by atoms with Crippen molar-refractivity contribution in [1.29, 1.82) is 0 Å². The molecule has 0 unspecified atom stereocenters. The highest BCUT2D eigenvalue weighted by molar-refractivity contribution is 6.32. The number of esters is 1. The Bertz CT molecular complexity index is 822. The fraction of sp³-hybridized carbons (Fsp3) is 0.375. The van der Waals surface area contributed by atoms with E-state index in [1.54, 1.807) is 6.26 Å². The average Bonchev–Trinajstić information content (AvgIpc) is 2.76. The van der Waals surface area contributed by atoms with Crippen molar-refractivity contribution >= 4 is 23.1 Å². The molecule has 0 radical (unpaired) electrons. The van der Waals surface area contributed by atoms with Gasteiger partial charge in [0, 0.05) is 29.2 Å². The van der Waals surface area contributed by atoms with Gasteiger partial charge in [-0.25, -0.2) is 0 Å². The number of hydrogen-bond acceptors (Lipinski definition) is 4. The largest absolute Gasteiger partial charge is 0.499 e. The SMILES string of the molecule is CCOC(=O)[C@@H]1CCCN(CCOC=C(c2ccccc2)c2ccccc2Cl)C1. The van der Waals surface area contributed by atoms with Crippen LogP contribution in [0.25, 0.3) is 5.57 Å². The Hall–Kier alpha value is -2.30. The van der Waals surface area contributed by atoms with E-state index in [1.807, 2.05) is 61.5 Å². The molecule has 0 N–H and O–H groups in total. The molecule has 154 valence electrons. The first-order valence-electron chi connectivity index (χ1n) is 10.2. The summed E-state index contributed by atoms with van der Waals surface area (Å²) in [5.74, 6) is -0.106. The summed E-state index contributed by atoms with van der Waals surface area (Å²) in [5.41, 5.74) is 2.96. The summed E-state index contributed by atoms with van der Waals surface area (Å²) in [6.07, 6.45) is 3.71. The Balaban J connectivity index is 1.62. The van der Waals surface area contributed by atoms with Gasteiger partial charge in [0.15, 0.2) is 0 Å². The standard InChI is InChI=1S/C24H28ClNO3/c1-2-29-24(27)20-11-8-14-26(17-20)15-16-28-18-22(19-9-4-3-5-10-19)21-12-6-7-13-23(21)25/h3-7,9-10,12-13,18,20H,2,8,11,14-17H2,1H3/t20-/m1/s1. The molecule has 0 spiro atoms. The van der Waals surface area contributed by atoms with E-state index in [1.165, 1.54) is 0 Å². The van der Waals surface area contributed by atoms with Crippen LogP contribution in [0.15, 0.2) is 60.9 Å². The lowest BCUT2D eigenvalue weighted by Gasteiger charge is -2.31. The molecule has 1 heterocycles. The third-order valence-electron chi connectivity index (χ3n) is 5.10. The minimum Gasteiger partial charge on any atom is -0.499 e. The number of ether oxygens (including phenoxy) is 2. The molecular weight excluding hydrogens is 386 g/mol. The molecule has 0 saturated carbocycles. The molecule has 0 aromatic heterocycles. The van der Waals surface area contributed by atoms with Crippen molar-refractivity contribution in [2.75, 3.05) is 32.8 Å². The zero-order valence-electron chi connectivity index (χ0n) is 16.9. The van der Waals surface area contributed by atoms with Crippen LogP contribution in [-0.4, -0.2) is 43.7 Å². The van der Waals surface area contributed by atoms with Gasteiger partial charge >= 0.3 is 5.97 Å². The van der Waals surface area contributed by atoms with E-state index in [9.17, 15) is 4.79 Å². The number of likely N-dealkylation sites (tertiary alicyclic amines) is 1. The van der Waals surface area contributed by atoms with Crippen molar-refractivity contribution in [3.8, 4) is 0 Å². The summed E-state index contributed by atoms with van der Waals surface area (Å²) in [6, 6.07) is 17.9. The second-order valence-corrected chi connectivity index (χ2v) is 7.55. The van der Waals surface area contributed by atoms with Gasteiger partial charge in [0.25, 0.3) is 0 Å². The fourth-order valence-corrected chi connectivity index (χ4v) is 3.86. The second kappa shape index (κ2) is 11.0. The van der Waals surface area contributed by atoms with E-state index in [2.05, 4.69) is 4.90 Å². The molecule has 29 heavy (non-hydrogen) atoms. The Kier molecular flexibility index (Phi) is 8.14. The first-order valence-corrected chi connectivity index (χ1v) is 10.6. The number of hydrogen-bond donors (Lipinski definition) is 0. The normalized spacial score (nSPS) is 17.7. The maximum atomic E-state index is 12.0. The number of rotatable bonds is 8. The van der Waals surface area contributed by atoms with Gasteiger partial charge < -0.3 is 9.47 Å². The van der Waals surface area contributed by atoms with Gasteiger partial charge in [-0.2, -0.15) is 0 Å². The predicted molar refractivity (Wildman–Crippen MR) is 117 cm³/mol. The molecule has 2 aromatic rings. The molecule has 0 bridgehead atoms. The lowest BCUT2D eigenvalue weighted by Crippen LogP contribution is -2.40. The van der Waals surface area contributed by atoms with Gasteiger partial charge in [0.1, 0.15) is 6.61 Å². The maximum absolute atomic E-state index is 12.0. The van der Waals surface area contributed by atoms with Crippen LogP contribution in [0, 0.1) is 5.92 Å². The van der Waals surface area contributed by atoms with Crippen LogP contribution in [0.1, 0.15) is 30.9 Å². The molecule has 1 saturated heterocycles. The van der Waals surface area contributed by atoms with Crippen molar-refractivity contribution in [2.24, 2.45) is 5.92 Å². The van der Waals surface area contributed by atoms with Crippen LogP contribution < -0.4 is 0 Å². The van der Waals surface area contributed by atoms with E-state index in [0.717, 1.165) is 49.2 Å². The molecular formula is C24H28ClNO3. The Morgan fingerprint density at radius 2 is 1.93 bits per heavy atom. The average molecular weight is 414 g/mol. The van der Waals surface area contributed by atoms with Crippen LogP contribution in [0.3, 0.4) is 0 Å². The number of halogens is 1. The quantitative estimate of drug-likeness (QED) is 0.346. The van der Waals surface area contributed by atoms with Crippen LogP contribution >= 0.6 is 11.6 Å². The van der Waals surface area contributed by atoms with Crippen molar-refractivity contribution in [2.45, 2.75) is 19.8 Å². The number of piperidine rings is 1. The van der Waals surface area contributed by atoms with Gasteiger partial charge in [-0.3, -0.25) is 9.69 Å². The minimum atomic E-state index is -0.0805. The van der Waals surface area contributed by atoms with Crippen LogP contribution in [-0.2, 0) is 14.3 Å². The summed E-state index contributed by atoms with van der Waals surface area (Å²) in [5, 5.41) is 0.694. The Labute approximate surface area is 178 Å². The molecule has 1 fully saturated rings. The van der Waals surface area contributed by atoms with E-state index >= 15 is 0 Å². The van der Waals surface area contributed by atoms with E-state index in [0.29, 0.717) is 18.2 Å². The first-order chi connectivity index (χ1) is 14.2. The zero-order chi connectivity index (χ0) is 20.5. The molecule has 2 aromatic carbocycles. The van der Waals surface area contributed by atoms with E-state index < -0.39 is 0 Å². The molecule has 0 aliphatic carbocycles. The van der Waals surface area contributed by atoms with Crippen molar-refractivity contribution in [1.82, 2.24) is 4.90 Å². The third kappa shape index (κ3) is 6.09. The highest BCUT2D eigenvalue weighted by Gasteiger charge is 2.26. The summed E-state index contributed by atoms with van der Waals surface area (Å²) in [4.78, 5) is 14.3.